The second-order valence-electron chi connectivity index (χ2n) is 6.63. The maximum absolute atomic E-state index is 12.3. The fraction of sp³-hybridized carbons (Fsp3) is 0.588. The van der Waals surface area contributed by atoms with Gasteiger partial charge in [-0.3, -0.25) is 9.78 Å². The first kappa shape index (κ1) is 16.7. The molecule has 3 amide bonds. The third-order valence-corrected chi connectivity index (χ3v) is 4.70. The van der Waals surface area contributed by atoms with Crippen LogP contribution in [0.1, 0.15) is 36.4 Å². The molecule has 1 saturated carbocycles. The van der Waals surface area contributed by atoms with Gasteiger partial charge in [0.1, 0.15) is 0 Å². The zero-order valence-electron chi connectivity index (χ0n) is 13.9. The molecule has 24 heavy (non-hydrogen) atoms. The number of aromatic nitrogens is 1. The van der Waals surface area contributed by atoms with E-state index in [9.17, 15) is 14.7 Å². The predicted molar refractivity (Wildman–Crippen MR) is 88.2 cm³/mol. The second kappa shape index (κ2) is 7.17. The normalized spacial score (nSPS) is 23.2. The van der Waals surface area contributed by atoms with Gasteiger partial charge in [-0.1, -0.05) is 0 Å². The molecule has 2 atom stereocenters. The van der Waals surface area contributed by atoms with E-state index >= 15 is 0 Å². The van der Waals surface area contributed by atoms with Crippen LogP contribution in [0.5, 0.6) is 0 Å². The van der Waals surface area contributed by atoms with Crippen LogP contribution in [0.25, 0.3) is 0 Å². The fourth-order valence-corrected chi connectivity index (χ4v) is 3.06. The molecular formula is C17H24N4O3. The highest BCUT2D eigenvalue weighted by atomic mass is 16.3. The molecule has 3 rings (SSSR count). The average molecular weight is 332 g/mol. The van der Waals surface area contributed by atoms with Crippen LogP contribution in [0.15, 0.2) is 18.3 Å². The molecule has 2 heterocycles. The molecule has 1 aliphatic heterocycles. The number of hydrogen-bond donors (Lipinski definition) is 3. The van der Waals surface area contributed by atoms with Gasteiger partial charge in [0, 0.05) is 56.8 Å². The quantitative estimate of drug-likeness (QED) is 0.736. The lowest BCUT2D eigenvalue weighted by Crippen LogP contribution is -2.38. The summed E-state index contributed by atoms with van der Waals surface area (Å²) in [6, 6.07) is 3.74. The summed E-state index contributed by atoms with van der Waals surface area (Å²) in [5.74, 6) is 0.253. The van der Waals surface area contributed by atoms with Crippen molar-refractivity contribution in [2.45, 2.75) is 37.8 Å². The maximum Gasteiger partial charge on any atom is 0.317 e. The van der Waals surface area contributed by atoms with Crippen molar-refractivity contribution in [3.63, 3.8) is 0 Å². The summed E-state index contributed by atoms with van der Waals surface area (Å²) < 4.78 is 0. The Labute approximate surface area is 141 Å². The summed E-state index contributed by atoms with van der Waals surface area (Å²) in [5.41, 5.74) is 2.13. The lowest BCUT2D eigenvalue weighted by atomic mass is 10.0. The monoisotopic (exact) mass is 332 g/mol. The van der Waals surface area contributed by atoms with Gasteiger partial charge in [0.05, 0.1) is 6.10 Å². The van der Waals surface area contributed by atoms with E-state index in [4.69, 9.17) is 0 Å². The maximum atomic E-state index is 12.3. The summed E-state index contributed by atoms with van der Waals surface area (Å²) in [6.45, 7) is 1.09. The minimum Gasteiger partial charge on any atom is -0.391 e. The highest BCUT2D eigenvalue weighted by Crippen LogP contribution is 2.38. The summed E-state index contributed by atoms with van der Waals surface area (Å²) in [6.07, 6.45) is 3.75. The molecular weight excluding hydrogens is 308 g/mol. The SMILES string of the molecule is CNC(=O)C[C@@H]1CN(C(=O)NCc2ccnc(C3CC3)c2)C[C@H]1O. The molecule has 1 saturated heterocycles. The van der Waals surface area contributed by atoms with Crippen LogP contribution < -0.4 is 10.6 Å². The molecule has 0 radical (unpaired) electrons. The second-order valence-corrected chi connectivity index (χ2v) is 6.63. The number of amides is 3. The van der Waals surface area contributed by atoms with Gasteiger partial charge in [0.25, 0.3) is 0 Å². The lowest BCUT2D eigenvalue weighted by molar-refractivity contribution is -0.122. The van der Waals surface area contributed by atoms with Gasteiger partial charge in [-0.15, -0.1) is 0 Å². The van der Waals surface area contributed by atoms with Crippen molar-refractivity contribution in [2.75, 3.05) is 20.1 Å². The molecule has 0 aromatic carbocycles. The number of urea groups is 1. The first-order valence-electron chi connectivity index (χ1n) is 8.43. The van der Waals surface area contributed by atoms with E-state index < -0.39 is 6.10 Å². The van der Waals surface area contributed by atoms with Crippen LogP contribution in [-0.4, -0.2) is 53.2 Å². The standard InChI is InChI=1S/C17H24N4O3/c1-18-16(23)7-13-9-21(10-15(13)22)17(24)20-8-11-4-5-19-14(6-11)12-2-3-12/h4-6,12-13,15,22H,2-3,7-10H2,1H3,(H,18,23)(H,20,24)/t13-,15-/m1/s1. The third kappa shape index (κ3) is 4.03. The summed E-state index contributed by atoms with van der Waals surface area (Å²) in [7, 11) is 1.57. The van der Waals surface area contributed by atoms with Gasteiger partial charge in [0.2, 0.25) is 5.91 Å². The number of β-amino-alcohol motifs (C(OH)–C–C–N with tert-alkyl or cyclic N) is 1. The van der Waals surface area contributed by atoms with Gasteiger partial charge in [0.15, 0.2) is 0 Å². The first-order chi connectivity index (χ1) is 11.6. The van der Waals surface area contributed by atoms with Crippen LogP contribution in [0, 0.1) is 5.92 Å². The van der Waals surface area contributed by atoms with Crippen LogP contribution in [0.3, 0.4) is 0 Å². The van der Waals surface area contributed by atoms with Crippen LogP contribution in [-0.2, 0) is 11.3 Å². The molecule has 2 fully saturated rings. The number of nitrogens with zero attached hydrogens (tertiary/aromatic N) is 2. The number of aliphatic hydroxyl groups excluding tert-OH is 1. The Hall–Kier alpha value is -2.15. The summed E-state index contributed by atoms with van der Waals surface area (Å²) in [5, 5.41) is 15.5. The number of pyridine rings is 1. The Kier molecular flexibility index (Phi) is 4.99. The molecule has 0 spiro atoms. The Morgan fingerprint density at radius 2 is 2.17 bits per heavy atom. The number of rotatable bonds is 5. The highest BCUT2D eigenvalue weighted by molar-refractivity contribution is 5.77. The van der Waals surface area contributed by atoms with Crippen LogP contribution >= 0.6 is 0 Å². The number of likely N-dealkylation sites (tertiary alicyclic amines) is 1. The van der Waals surface area contributed by atoms with Gasteiger partial charge < -0.3 is 20.6 Å². The Bertz CT molecular complexity index is 618. The highest BCUT2D eigenvalue weighted by Gasteiger charge is 2.35. The largest absolute Gasteiger partial charge is 0.391 e. The van der Waals surface area contributed by atoms with Crippen molar-refractivity contribution >= 4 is 11.9 Å². The van der Waals surface area contributed by atoms with E-state index in [2.05, 4.69) is 15.6 Å². The van der Waals surface area contributed by atoms with E-state index in [1.807, 2.05) is 12.1 Å². The van der Waals surface area contributed by atoms with Crippen molar-refractivity contribution in [1.29, 1.82) is 0 Å². The first-order valence-corrected chi connectivity index (χ1v) is 8.43. The molecule has 2 aliphatic rings. The van der Waals surface area contributed by atoms with Gasteiger partial charge in [-0.05, 0) is 30.5 Å². The Morgan fingerprint density at radius 3 is 2.88 bits per heavy atom. The third-order valence-electron chi connectivity index (χ3n) is 4.70. The van der Waals surface area contributed by atoms with Crippen LogP contribution in [0.4, 0.5) is 4.79 Å². The van der Waals surface area contributed by atoms with Crippen molar-refractivity contribution in [1.82, 2.24) is 20.5 Å². The molecule has 1 aromatic heterocycles. The topological polar surface area (TPSA) is 94.6 Å². The molecule has 3 N–H and O–H groups in total. The molecule has 1 aromatic rings. The average Bonchev–Trinajstić information content (AvgIpc) is 3.38. The molecule has 0 bridgehead atoms. The van der Waals surface area contributed by atoms with Gasteiger partial charge in [-0.25, -0.2) is 4.79 Å². The number of nitrogens with one attached hydrogen (secondary N) is 2. The molecule has 0 unspecified atom stereocenters. The minimum atomic E-state index is -0.657. The van der Waals surface area contributed by atoms with Crippen molar-refractivity contribution in [3.8, 4) is 0 Å². The Morgan fingerprint density at radius 1 is 1.38 bits per heavy atom. The van der Waals surface area contributed by atoms with Crippen LogP contribution in [0.2, 0.25) is 0 Å². The Balaban J connectivity index is 1.50. The van der Waals surface area contributed by atoms with E-state index in [0.717, 1.165) is 11.3 Å². The predicted octanol–water partition coefficient (Wildman–Crippen LogP) is 0.597. The number of hydrogen-bond acceptors (Lipinski definition) is 4. The summed E-state index contributed by atoms with van der Waals surface area (Å²) >= 11 is 0. The van der Waals surface area contributed by atoms with Gasteiger partial charge >= 0.3 is 6.03 Å². The smallest absolute Gasteiger partial charge is 0.317 e. The van der Waals surface area contributed by atoms with E-state index in [0.29, 0.717) is 19.0 Å². The lowest BCUT2D eigenvalue weighted by Gasteiger charge is -2.17. The number of aliphatic hydroxyl groups is 1. The van der Waals surface area contributed by atoms with Crippen molar-refractivity contribution < 1.29 is 14.7 Å². The minimum absolute atomic E-state index is 0.120. The van der Waals surface area contributed by atoms with Crippen molar-refractivity contribution in [2.24, 2.45) is 5.92 Å². The van der Waals surface area contributed by atoms with Gasteiger partial charge in [-0.2, -0.15) is 0 Å². The van der Waals surface area contributed by atoms with Crippen molar-refractivity contribution in [3.05, 3.63) is 29.6 Å². The zero-order chi connectivity index (χ0) is 17.1. The summed E-state index contributed by atoms with van der Waals surface area (Å²) in [4.78, 5) is 29.7. The number of carbonyl (C=O) groups is 2. The van der Waals surface area contributed by atoms with E-state index in [1.165, 1.54) is 12.8 Å². The fourth-order valence-electron chi connectivity index (χ4n) is 3.06. The molecule has 7 nitrogen and oxygen atoms in total. The molecule has 130 valence electrons. The van der Waals surface area contributed by atoms with E-state index in [1.54, 1.807) is 18.1 Å². The molecule has 1 aliphatic carbocycles. The molecule has 7 heteroatoms. The number of carbonyl (C=O) groups excluding carboxylic acids is 2. The van der Waals surface area contributed by atoms with E-state index in [-0.39, 0.29) is 30.8 Å². The zero-order valence-corrected chi connectivity index (χ0v) is 13.9.